The van der Waals surface area contributed by atoms with Crippen LogP contribution in [0.1, 0.15) is 38.8 Å². The van der Waals surface area contributed by atoms with Gasteiger partial charge < -0.3 is 5.32 Å². The Hall–Kier alpha value is -3.73. The second kappa shape index (κ2) is 7.36. The number of nitrogens with one attached hydrogen (secondary N) is 1. The standard InChI is InChI=1S/C24H21N3O2/c1-15-7-9-22(16(2)11-15)27-14-25-21-13-19(8-10-23(21)27)24(29)26-20-6-4-5-18(12-20)17(3)28/h4-14H,1-3H3,(H,26,29). The molecule has 5 heteroatoms. The highest BCUT2D eigenvalue weighted by Gasteiger charge is 2.12. The number of amides is 1. The molecule has 144 valence electrons. The summed E-state index contributed by atoms with van der Waals surface area (Å²) in [6.45, 7) is 5.64. The maximum Gasteiger partial charge on any atom is 0.255 e. The minimum Gasteiger partial charge on any atom is -0.322 e. The number of rotatable bonds is 4. The fourth-order valence-electron chi connectivity index (χ4n) is 3.44. The first kappa shape index (κ1) is 18.6. The molecule has 0 unspecified atom stereocenters. The van der Waals surface area contributed by atoms with Crippen LogP contribution in [0.25, 0.3) is 16.7 Å². The molecule has 1 aromatic heterocycles. The second-order valence-corrected chi connectivity index (χ2v) is 7.20. The first-order valence-electron chi connectivity index (χ1n) is 9.39. The fourth-order valence-corrected chi connectivity index (χ4v) is 3.44. The molecular formula is C24H21N3O2. The van der Waals surface area contributed by atoms with Crippen LogP contribution < -0.4 is 5.32 Å². The van der Waals surface area contributed by atoms with Crippen LogP contribution in [0.5, 0.6) is 0 Å². The number of fused-ring (bicyclic) bond motifs is 1. The summed E-state index contributed by atoms with van der Waals surface area (Å²) < 4.78 is 2.03. The first-order valence-corrected chi connectivity index (χ1v) is 9.39. The van der Waals surface area contributed by atoms with Gasteiger partial charge in [-0.15, -0.1) is 0 Å². The zero-order chi connectivity index (χ0) is 20.5. The Bertz CT molecular complexity index is 1250. The molecule has 0 aliphatic carbocycles. The van der Waals surface area contributed by atoms with E-state index in [2.05, 4.69) is 42.3 Å². The van der Waals surface area contributed by atoms with E-state index in [1.807, 2.05) is 10.6 Å². The van der Waals surface area contributed by atoms with Gasteiger partial charge in [0.05, 0.1) is 16.7 Å². The molecule has 0 atom stereocenters. The Labute approximate surface area is 169 Å². The predicted molar refractivity (Wildman–Crippen MR) is 115 cm³/mol. The summed E-state index contributed by atoms with van der Waals surface area (Å²) in [5.41, 5.74) is 6.78. The topological polar surface area (TPSA) is 64.0 Å². The van der Waals surface area contributed by atoms with Gasteiger partial charge >= 0.3 is 0 Å². The van der Waals surface area contributed by atoms with Crippen LogP contribution in [-0.2, 0) is 0 Å². The first-order chi connectivity index (χ1) is 13.9. The van der Waals surface area contributed by atoms with Crippen LogP contribution in [-0.4, -0.2) is 21.2 Å². The Kier molecular flexibility index (Phi) is 4.72. The summed E-state index contributed by atoms with van der Waals surface area (Å²) in [5.74, 6) is -0.284. The number of aryl methyl sites for hydroxylation is 2. The molecule has 0 radical (unpaired) electrons. The number of carbonyl (C=O) groups is 2. The van der Waals surface area contributed by atoms with Crippen LogP contribution in [0.2, 0.25) is 0 Å². The molecule has 5 nitrogen and oxygen atoms in total. The molecule has 3 aromatic carbocycles. The van der Waals surface area contributed by atoms with Gasteiger partial charge in [0.15, 0.2) is 5.78 Å². The zero-order valence-electron chi connectivity index (χ0n) is 16.6. The van der Waals surface area contributed by atoms with E-state index in [-0.39, 0.29) is 11.7 Å². The number of hydrogen-bond donors (Lipinski definition) is 1. The van der Waals surface area contributed by atoms with Crippen LogP contribution in [0, 0.1) is 13.8 Å². The van der Waals surface area contributed by atoms with E-state index in [1.165, 1.54) is 12.5 Å². The van der Waals surface area contributed by atoms with Crippen molar-refractivity contribution >= 4 is 28.4 Å². The van der Waals surface area contributed by atoms with E-state index in [0.29, 0.717) is 16.8 Å². The maximum atomic E-state index is 12.7. The number of benzene rings is 3. The lowest BCUT2D eigenvalue weighted by atomic mass is 10.1. The van der Waals surface area contributed by atoms with Gasteiger partial charge in [0.1, 0.15) is 6.33 Å². The third-order valence-electron chi connectivity index (χ3n) is 4.95. The van der Waals surface area contributed by atoms with Crippen molar-refractivity contribution in [2.24, 2.45) is 0 Å². The van der Waals surface area contributed by atoms with Crippen molar-refractivity contribution < 1.29 is 9.59 Å². The van der Waals surface area contributed by atoms with Crippen LogP contribution in [0.15, 0.2) is 67.0 Å². The highest BCUT2D eigenvalue weighted by atomic mass is 16.1. The highest BCUT2D eigenvalue weighted by Crippen LogP contribution is 2.23. The number of ketones is 1. The molecule has 1 amide bonds. The van der Waals surface area contributed by atoms with E-state index >= 15 is 0 Å². The lowest BCUT2D eigenvalue weighted by Gasteiger charge is -2.10. The highest BCUT2D eigenvalue weighted by molar-refractivity contribution is 6.06. The van der Waals surface area contributed by atoms with Crippen molar-refractivity contribution in [2.45, 2.75) is 20.8 Å². The minimum atomic E-state index is -0.242. The summed E-state index contributed by atoms with van der Waals surface area (Å²) in [7, 11) is 0. The predicted octanol–water partition coefficient (Wildman–Crippen LogP) is 5.10. The summed E-state index contributed by atoms with van der Waals surface area (Å²) in [4.78, 5) is 28.7. The largest absolute Gasteiger partial charge is 0.322 e. The summed E-state index contributed by atoms with van der Waals surface area (Å²) >= 11 is 0. The fraction of sp³-hybridized carbons (Fsp3) is 0.125. The van der Waals surface area contributed by atoms with Gasteiger partial charge in [-0.1, -0.05) is 29.8 Å². The Morgan fingerprint density at radius 2 is 1.76 bits per heavy atom. The molecule has 0 aliphatic heterocycles. The van der Waals surface area contributed by atoms with Gasteiger partial charge in [-0.3, -0.25) is 14.2 Å². The van der Waals surface area contributed by atoms with Crippen LogP contribution >= 0.6 is 0 Å². The Morgan fingerprint density at radius 1 is 0.931 bits per heavy atom. The van der Waals surface area contributed by atoms with Gasteiger partial charge in [0.25, 0.3) is 5.91 Å². The third kappa shape index (κ3) is 3.67. The second-order valence-electron chi connectivity index (χ2n) is 7.20. The summed E-state index contributed by atoms with van der Waals surface area (Å²) in [5, 5.41) is 2.85. The number of Topliss-reactive ketones (excluding diaryl/α,β-unsaturated/α-hetero) is 1. The molecule has 0 spiro atoms. The molecule has 0 fully saturated rings. The van der Waals surface area contributed by atoms with E-state index in [9.17, 15) is 9.59 Å². The van der Waals surface area contributed by atoms with Gasteiger partial charge in [-0.05, 0) is 62.7 Å². The average molecular weight is 383 g/mol. The van der Waals surface area contributed by atoms with Crippen molar-refractivity contribution in [3.8, 4) is 5.69 Å². The van der Waals surface area contributed by atoms with E-state index in [0.717, 1.165) is 22.3 Å². The smallest absolute Gasteiger partial charge is 0.255 e. The van der Waals surface area contributed by atoms with Crippen molar-refractivity contribution in [3.63, 3.8) is 0 Å². The van der Waals surface area contributed by atoms with Gasteiger partial charge in [-0.2, -0.15) is 0 Å². The third-order valence-corrected chi connectivity index (χ3v) is 4.95. The van der Waals surface area contributed by atoms with Crippen LogP contribution in [0.3, 0.4) is 0 Å². The Morgan fingerprint density at radius 3 is 2.52 bits per heavy atom. The molecule has 1 heterocycles. The average Bonchev–Trinajstić information content (AvgIpc) is 3.11. The lowest BCUT2D eigenvalue weighted by molar-refractivity contribution is 0.101. The van der Waals surface area contributed by atoms with Gasteiger partial charge in [-0.25, -0.2) is 4.98 Å². The van der Waals surface area contributed by atoms with E-state index in [4.69, 9.17) is 0 Å². The molecule has 0 saturated carbocycles. The van der Waals surface area contributed by atoms with E-state index in [1.54, 1.807) is 42.7 Å². The zero-order valence-corrected chi connectivity index (χ0v) is 16.6. The number of hydrogen-bond acceptors (Lipinski definition) is 3. The molecule has 4 aromatic rings. The number of imidazole rings is 1. The van der Waals surface area contributed by atoms with Crippen molar-refractivity contribution in [2.75, 3.05) is 5.32 Å². The van der Waals surface area contributed by atoms with Gasteiger partial charge in [0, 0.05) is 16.8 Å². The molecule has 4 rings (SSSR count). The molecule has 0 aliphatic rings. The Balaban J connectivity index is 1.64. The van der Waals surface area contributed by atoms with Crippen LogP contribution in [0.4, 0.5) is 5.69 Å². The number of aromatic nitrogens is 2. The lowest BCUT2D eigenvalue weighted by Crippen LogP contribution is -2.12. The maximum absolute atomic E-state index is 12.7. The normalized spacial score (nSPS) is 10.9. The molecular weight excluding hydrogens is 362 g/mol. The molecule has 29 heavy (non-hydrogen) atoms. The molecule has 0 bridgehead atoms. The number of anilines is 1. The van der Waals surface area contributed by atoms with Crippen molar-refractivity contribution in [1.29, 1.82) is 0 Å². The quantitative estimate of drug-likeness (QED) is 0.499. The SMILES string of the molecule is CC(=O)c1cccc(NC(=O)c2ccc3c(c2)ncn3-c2ccc(C)cc2C)c1. The van der Waals surface area contributed by atoms with E-state index < -0.39 is 0 Å². The van der Waals surface area contributed by atoms with Crippen molar-refractivity contribution in [3.05, 3.63) is 89.2 Å². The molecule has 1 N–H and O–H groups in total. The minimum absolute atomic E-state index is 0.0422. The summed E-state index contributed by atoms with van der Waals surface area (Å²) in [6.07, 6.45) is 1.78. The van der Waals surface area contributed by atoms with Crippen molar-refractivity contribution in [1.82, 2.24) is 9.55 Å². The summed E-state index contributed by atoms with van der Waals surface area (Å²) in [6, 6.07) is 18.7. The van der Waals surface area contributed by atoms with Gasteiger partial charge in [0.2, 0.25) is 0 Å². The molecule has 0 saturated heterocycles. The monoisotopic (exact) mass is 383 g/mol. The number of carbonyl (C=O) groups excluding carboxylic acids is 2. The number of nitrogens with zero attached hydrogens (tertiary/aromatic N) is 2.